The molecule has 1 N–H and O–H groups in total. The highest BCUT2D eigenvalue weighted by molar-refractivity contribution is 5.75. The smallest absolute Gasteiger partial charge is 0.267 e. The highest BCUT2D eigenvalue weighted by Crippen LogP contribution is 2.21. The highest BCUT2D eigenvalue weighted by atomic mass is 16.5. The molecule has 1 amide bonds. The molecule has 3 heterocycles. The van der Waals surface area contributed by atoms with Gasteiger partial charge in [0.25, 0.3) is 5.56 Å². The summed E-state index contributed by atoms with van der Waals surface area (Å²) in [6, 6.07) is 4.86. The molecular weight excluding hydrogens is 360 g/mol. The highest BCUT2D eigenvalue weighted by Gasteiger charge is 2.14. The monoisotopic (exact) mass is 386 g/mol. The molecule has 1 fully saturated rings. The van der Waals surface area contributed by atoms with Crippen LogP contribution in [0.3, 0.4) is 0 Å². The second-order valence-corrected chi connectivity index (χ2v) is 6.83. The molecule has 1 saturated heterocycles. The Morgan fingerprint density at radius 2 is 1.96 bits per heavy atom. The van der Waals surface area contributed by atoms with E-state index >= 15 is 0 Å². The van der Waals surface area contributed by atoms with Crippen LogP contribution in [0.15, 0.2) is 23.0 Å². The number of anilines is 1. The lowest BCUT2D eigenvalue weighted by Gasteiger charge is -2.28. The molecule has 0 atom stereocenters. The number of ether oxygens (including phenoxy) is 1. The standard InChI is InChI=1S/C19H26N6O3/c1-14-6-7-19(27)25(23-14)13-17(26)20-8-11-28-18-12-16(21-15(2)22-18)24-9-4-3-5-10-24/h6-7,12H,3-5,8-11,13H2,1-2H3,(H,20,26). The summed E-state index contributed by atoms with van der Waals surface area (Å²) in [5, 5.41) is 6.77. The van der Waals surface area contributed by atoms with Crippen molar-refractivity contribution in [1.29, 1.82) is 0 Å². The van der Waals surface area contributed by atoms with Gasteiger partial charge in [-0.15, -0.1) is 0 Å². The van der Waals surface area contributed by atoms with E-state index in [2.05, 4.69) is 25.3 Å². The predicted octanol–water partition coefficient (Wildman–Crippen LogP) is 0.836. The summed E-state index contributed by atoms with van der Waals surface area (Å²) in [5.41, 5.74) is 0.373. The van der Waals surface area contributed by atoms with Crippen LogP contribution in [0.25, 0.3) is 0 Å². The Bertz CT molecular complexity index is 876. The van der Waals surface area contributed by atoms with Gasteiger partial charge in [-0.3, -0.25) is 9.59 Å². The first-order valence-electron chi connectivity index (χ1n) is 9.56. The first-order chi connectivity index (χ1) is 13.5. The minimum absolute atomic E-state index is 0.119. The zero-order chi connectivity index (χ0) is 19.9. The number of nitrogens with one attached hydrogen (secondary N) is 1. The largest absolute Gasteiger partial charge is 0.476 e. The van der Waals surface area contributed by atoms with Crippen molar-refractivity contribution in [3.05, 3.63) is 40.1 Å². The molecule has 0 aromatic carbocycles. The van der Waals surface area contributed by atoms with Crippen molar-refractivity contribution in [3.63, 3.8) is 0 Å². The number of carbonyl (C=O) groups is 1. The molecule has 0 unspecified atom stereocenters. The maximum absolute atomic E-state index is 12.0. The van der Waals surface area contributed by atoms with E-state index in [-0.39, 0.29) is 24.6 Å². The number of hydrogen-bond donors (Lipinski definition) is 1. The van der Waals surface area contributed by atoms with Gasteiger partial charge >= 0.3 is 0 Å². The Morgan fingerprint density at radius 3 is 2.75 bits per heavy atom. The van der Waals surface area contributed by atoms with E-state index in [0.717, 1.165) is 23.6 Å². The Morgan fingerprint density at radius 1 is 1.18 bits per heavy atom. The van der Waals surface area contributed by atoms with Crippen LogP contribution in [-0.2, 0) is 11.3 Å². The Hall–Kier alpha value is -2.97. The number of aromatic nitrogens is 4. The second kappa shape index (κ2) is 9.29. The first-order valence-corrected chi connectivity index (χ1v) is 9.56. The quantitative estimate of drug-likeness (QED) is 0.703. The van der Waals surface area contributed by atoms with Gasteiger partial charge in [-0.05, 0) is 39.2 Å². The molecule has 1 aliphatic rings. The van der Waals surface area contributed by atoms with Crippen LogP contribution in [0, 0.1) is 13.8 Å². The van der Waals surface area contributed by atoms with Gasteiger partial charge in [0, 0.05) is 25.2 Å². The predicted molar refractivity (Wildman–Crippen MR) is 105 cm³/mol. The summed E-state index contributed by atoms with van der Waals surface area (Å²) < 4.78 is 6.83. The van der Waals surface area contributed by atoms with Gasteiger partial charge < -0.3 is 15.0 Å². The fourth-order valence-electron chi connectivity index (χ4n) is 3.09. The van der Waals surface area contributed by atoms with Crippen molar-refractivity contribution < 1.29 is 9.53 Å². The van der Waals surface area contributed by atoms with Crippen LogP contribution in [0.5, 0.6) is 5.88 Å². The first kappa shape index (κ1) is 19.8. The molecule has 0 aliphatic carbocycles. The molecule has 1 aliphatic heterocycles. The molecule has 28 heavy (non-hydrogen) atoms. The average Bonchev–Trinajstić information content (AvgIpc) is 2.68. The lowest BCUT2D eigenvalue weighted by molar-refractivity contribution is -0.122. The van der Waals surface area contributed by atoms with Crippen LogP contribution in [0.1, 0.15) is 30.8 Å². The third kappa shape index (κ3) is 5.51. The molecule has 3 rings (SSSR count). The van der Waals surface area contributed by atoms with Gasteiger partial charge in [0.05, 0.1) is 12.2 Å². The zero-order valence-electron chi connectivity index (χ0n) is 16.3. The second-order valence-electron chi connectivity index (χ2n) is 6.83. The molecule has 150 valence electrons. The Balaban J connectivity index is 1.48. The van der Waals surface area contributed by atoms with Crippen LogP contribution in [-0.4, -0.2) is 51.9 Å². The van der Waals surface area contributed by atoms with E-state index < -0.39 is 0 Å². The number of hydrogen-bond acceptors (Lipinski definition) is 7. The third-order valence-corrected chi connectivity index (χ3v) is 4.45. The summed E-state index contributed by atoms with van der Waals surface area (Å²) in [5.74, 6) is 1.75. The van der Waals surface area contributed by atoms with E-state index in [1.165, 1.54) is 25.3 Å². The van der Waals surface area contributed by atoms with Crippen molar-refractivity contribution in [2.24, 2.45) is 0 Å². The summed E-state index contributed by atoms with van der Waals surface area (Å²) in [6.45, 7) is 6.07. The Labute approximate surface area is 163 Å². The third-order valence-electron chi connectivity index (χ3n) is 4.45. The topological polar surface area (TPSA) is 102 Å². The van der Waals surface area contributed by atoms with E-state index in [9.17, 15) is 9.59 Å². The van der Waals surface area contributed by atoms with E-state index in [4.69, 9.17) is 4.74 Å². The van der Waals surface area contributed by atoms with E-state index in [0.29, 0.717) is 23.9 Å². The van der Waals surface area contributed by atoms with Gasteiger partial charge in [-0.2, -0.15) is 10.1 Å². The zero-order valence-corrected chi connectivity index (χ0v) is 16.3. The molecule has 2 aromatic rings. The summed E-state index contributed by atoms with van der Waals surface area (Å²) in [7, 11) is 0. The fourth-order valence-corrected chi connectivity index (χ4v) is 3.09. The Kier molecular flexibility index (Phi) is 6.57. The van der Waals surface area contributed by atoms with Gasteiger partial charge in [0.2, 0.25) is 11.8 Å². The van der Waals surface area contributed by atoms with Crippen molar-refractivity contribution in [2.45, 2.75) is 39.7 Å². The molecule has 0 saturated carbocycles. The molecule has 9 heteroatoms. The maximum Gasteiger partial charge on any atom is 0.267 e. The molecule has 9 nitrogen and oxygen atoms in total. The number of aryl methyl sites for hydroxylation is 2. The van der Waals surface area contributed by atoms with Crippen molar-refractivity contribution in [1.82, 2.24) is 25.1 Å². The van der Waals surface area contributed by atoms with Crippen molar-refractivity contribution >= 4 is 11.7 Å². The summed E-state index contributed by atoms with van der Waals surface area (Å²) >= 11 is 0. The SMILES string of the molecule is Cc1ccc(=O)n(CC(=O)NCCOc2cc(N3CCCCC3)nc(C)n2)n1. The number of piperidine rings is 1. The van der Waals surface area contributed by atoms with Crippen LogP contribution >= 0.6 is 0 Å². The lowest BCUT2D eigenvalue weighted by atomic mass is 10.1. The van der Waals surface area contributed by atoms with Gasteiger partial charge in [0.15, 0.2) is 0 Å². The van der Waals surface area contributed by atoms with Crippen molar-refractivity contribution in [2.75, 3.05) is 31.1 Å². The number of nitrogens with zero attached hydrogens (tertiary/aromatic N) is 5. The van der Waals surface area contributed by atoms with Gasteiger partial charge in [0.1, 0.15) is 24.8 Å². The number of carbonyl (C=O) groups excluding carboxylic acids is 1. The van der Waals surface area contributed by atoms with E-state index in [1.54, 1.807) is 13.0 Å². The van der Waals surface area contributed by atoms with Crippen LogP contribution < -0.4 is 20.5 Å². The fraction of sp³-hybridized carbons (Fsp3) is 0.526. The van der Waals surface area contributed by atoms with Gasteiger partial charge in [-0.1, -0.05) is 0 Å². The number of rotatable bonds is 7. The summed E-state index contributed by atoms with van der Waals surface area (Å²) in [4.78, 5) is 34.8. The molecule has 2 aromatic heterocycles. The summed E-state index contributed by atoms with van der Waals surface area (Å²) in [6.07, 6.45) is 3.60. The van der Waals surface area contributed by atoms with Crippen LogP contribution in [0.2, 0.25) is 0 Å². The average molecular weight is 386 g/mol. The van der Waals surface area contributed by atoms with Crippen molar-refractivity contribution in [3.8, 4) is 5.88 Å². The molecule has 0 radical (unpaired) electrons. The minimum Gasteiger partial charge on any atom is -0.476 e. The molecule has 0 spiro atoms. The minimum atomic E-state index is -0.307. The van der Waals surface area contributed by atoms with E-state index in [1.807, 2.05) is 13.0 Å². The molecule has 0 bridgehead atoms. The van der Waals surface area contributed by atoms with Gasteiger partial charge in [-0.25, -0.2) is 9.67 Å². The maximum atomic E-state index is 12.0. The van der Waals surface area contributed by atoms with Crippen LogP contribution in [0.4, 0.5) is 5.82 Å². The lowest BCUT2D eigenvalue weighted by Crippen LogP contribution is -2.35. The molecular formula is C19H26N6O3. The normalized spacial score (nSPS) is 14.0. The number of amides is 1.